The van der Waals surface area contributed by atoms with Gasteiger partial charge in [-0.05, 0) is 54.3 Å². The van der Waals surface area contributed by atoms with Crippen LogP contribution in [0.2, 0.25) is 0 Å². The molecule has 2 aromatic rings. The highest BCUT2D eigenvalue weighted by Crippen LogP contribution is 2.30. The summed E-state index contributed by atoms with van der Waals surface area (Å²) in [6.07, 6.45) is 2.07. The highest BCUT2D eigenvalue weighted by molar-refractivity contribution is 7.99. The van der Waals surface area contributed by atoms with E-state index in [1.807, 2.05) is 6.07 Å². The Hall–Kier alpha value is -1.41. The van der Waals surface area contributed by atoms with Gasteiger partial charge < -0.3 is 5.73 Å². The van der Waals surface area contributed by atoms with E-state index in [2.05, 4.69) is 50.2 Å². The van der Waals surface area contributed by atoms with Gasteiger partial charge in [-0.1, -0.05) is 37.7 Å². The molecule has 0 atom stereocenters. The SMILES string of the molecule is CCc1ccc(Sc2ccc(N)c(CC)c2)cc1. The molecule has 0 fully saturated rings. The van der Waals surface area contributed by atoms with E-state index in [0.29, 0.717) is 0 Å². The summed E-state index contributed by atoms with van der Waals surface area (Å²) in [7, 11) is 0. The minimum Gasteiger partial charge on any atom is -0.399 e. The molecule has 0 spiro atoms. The van der Waals surface area contributed by atoms with Gasteiger partial charge in [0.2, 0.25) is 0 Å². The topological polar surface area (TPSA) is 26.0 Å². The molecule has 2 N–H and O–H groups in total. The average molecular weight is 257 g/mol. The zero-order valence-electron chi connectivity index (χ0n) is 10.9. The van der Waals surface area contributed by atoms with Crippen molar-refractivity contribution < 1.29 is 0 Å². The maximum absolute atomic E-state index is 5.92. The zero-order valence-corrected chi connectivity index (χ0v) is 11.8. The molecule has 2 heteroatoms. The molecule has 2 rings (SSSR count). The molecule has 0 saturated heterocycles. The first-order valence-corrected chi connectivity index (χ1v) is 7.19. The van der Waals surface area contributed by atoms with Crippen LogP contribution in [0.3, 0.4) is 0 Å². The maximum Gasteiger partial charge on any atom is 0.0347 e. The number of aryl methyl sites for hydroxylation is 2. The molecular formula is C16H19NS. The molecule has 18 heavy (non-hydrogen) atoms. The van der Waals surface area contributed by atoms with E-state index in [0.717, 1.165) is 18.5 Å². The Morgan fingerprint density at radius 1 is 0.889 bits per heavy atom. The van der Waals surface area contributed by atoms with Crippen LogP contribution in [0.4, 0.5) is 5.69 Å². The predicted octanol–water partition coefficient (Wildman–Crippen LogP) is 4.54. The summed E-state index contributed by atoms with van der Waals surface area (Å²) in [5.41, 5.74) is 9.42. The van der Waals surface area contributed by atoms with Crippen LogP contribution in [0.5, 0.6) is 0 Å². The number of anilines is 1. The van der Waals surface area contributed by atoms with Crippen molar-refractivity contribution in [1.29, 1.82) is 0 Å². The van der Waals surface area contributed by atoms with Gasteiger partial charge in [0, 0.05) is 15.5 Å². The molecule has 0 saturated carbocycles. The van der Waals surface area contributed by atoms with Gasteiger partial charge in [-0.3, -0.25) is 0 Å². The van der Waals surface area contributed by atoms with Gasteiger partial charge >= 0.3 is 0 Å². The summed E-state index contributed by atoms with van der Waals surface area (Å²) < 4.78 is 0. The van der Waals surface area contributed by atoms with Gasteiger partial charge in [0.05, 0.1) is 0 Å². The van der Waals surface area contributed by atoms with Crippen LogP contribution in [0.15, 0.2) is 52.3 Å². The third-order valence-corrected chi connectivity index (χ3v) is 4.06. The predicted molar refractivity (Wildman–Crippen MR) is 80.2 cm³/mol. The van der Waals surface area contributed by atoms with Crippen LogP contribution in [-0.2, 0) is 12.8 Å². The number of hydrogen-bond acceptors (Lipinski definition) is 2. The molecule has 0 aliphatic heterocycles. The van der Waals surface area contributed by atoms with Crippen LogP contribution >= 0.6 is 11.8 Å². The fourth-order valence-corrected chi connectivity index (χ4v) is 2.76. The second-order valence-electron chi connectivity index (χ2n) is 4.31. The average Bonchev–Trinajstić information content (AvgIpc) is 2.42. The Kier molecular flexibility index (Phi) is 4.32. The molecular weight excluding hydrogens is 238 g/mol. The molecule has 0 radical (unpaired) electrons. The van der Waals surface area contributed by atoms with Crippen molar-refractivity contribution in [3.63, 3.8) is 0 Å². The summed E-state index contributed by atoms with van der Waals surface area (Å²) >= 11 is 1.79. The van der Waals surface area contributed by atoms with Crippen LogP contribution in [0.1, 0.15) is 25.0 Å². The lowest BCUT2D eigenvalue weighted by molar-refractivity contribution is 1.12. The molecule has 2 aromatic carbocycles. The van der Waals surface area contributed by atoms with E-state index in [1.54, 1.807) is 11.8 Å². The monoisotopic (exact) mass is 257 g/mol. The van der Waals surface area contributed by atoms with E-state index in [9.17, 15) is 0 Å². The van der Waals surface area contributed by atoms with E-state index in [-0.39, 0.29) is 0 Å². The van der Waals surface area contributed by atoms with Gasteiger partial charge in [0.1, 0.15) is 0 Å². The molecule has 0 heterocycles. The molecule has 0 bridgehead atoms. The minimum atomic E-state index is 0.892. The minimum absolute atomic E-state index is 0.892. The number of nitrogen functional groups attached to an aromatic ring is 1. The van der Waals surface area contributed by atoms with E-state index in [1.165, 1.54) is 20.9 Å². The van der Waals surface area contributed by atoms with E-state index < -0.39 is 0 Å². The summed E-state index contributed by atoms with van der Waals surface area (Å²) in [4.78, 5) is 2.53. The molecule has 0 amide bonds. The Morgan fingerprint density at radius 3 is 2.17 bits per heavy atom. The zero-order chi connectivity index (χ0) is 13.0. The molecule has 0 aliphatic carbocycles. The van der Waals surface area contributed by atoms with Gasteiger partial charge in [-0.15, -0.1) is 0 Å². The smallest absolute Gasteiger partial charge is 0.0347 e. The van der Waals surface area contributed by atoms with Gasteiger partial charge in [0.15, 0.2) is 0 Å². The highest BCUT2D eigenvalue weighted by atomic mass is 32.2. The molecule has 0 aromatic heterocycles. The quantitative estimate of drug-likeness (QED) is 0.813. The van der Waals surface area contributed by atoms with Crippen LogP contribution in [-0.4, -0.2) is 0 Å². The van der Waals surface area contributed by atoms with Crippen molar-refractivity contribution in [3.05, 3.63) is 53.6 Å². The number of hydrogen-bond donors (Lipinski definition) is 1. The third-order valence-electron chi connectivity index (χ3n) is 3.06. The molecule has 94 valence electrons. The molecule has 1 nitrogen and oxygen atoms in total. The lowest BCUT2D eigenvalue weighted by Crippen LogP contribution is -1.92. The van der Waals surface area contributed by atoms with Crippen molar-refractivity contribution in [2.75, 3.05) is 5.73 Å². The van der Waals surface area contributed by atoms with Crippen molar-refractivity contribution in [3.8, 4) is 0 Å². The van der Waals surface area contributed by atoms with Crippen molar-refractivity contribution in [2.24, 2.45) is 0 Å². The van der Waals surface area contributed by atoms with Crippen molar-refractivity contribution >= 4 is 17.4 Å². The second kappa shape index (κ2) is 5.96. The number of benzene rings is 2. The summed E-state index contributed by atoms with van der Waals surface area (Å²) in [6.45, 7) is 4.31. The lowest BCUT2D eigenvalue weighted by Gasteiger charge is -2.07. The maximum atomic E-state index is 5.92. The van der Waals surface area contributed by atoms with Gasteiger partial charge in [0.25, 0.3) is 0 Å². The second-order valence-corrected chi connectivity index (χ2v) is 5.46. The summed E-state index contributed by atoms with van der Waals surface area (Å²) in [5.74, 6) is 0. The molecule has 0 unspecified atom stereocenters. The van der Waals surface area contributed by atoms with Crippen LogP contribution in [0.25, 0.3) is 0 Å². The number of nitrogens with two attached hydrogens (primary N) is 1. The first-order valence-electron chi connectivity index (χ1n) is 6.38. The highest BCUT2D eigenvalue weighted by Gasteiger charge is 2.01. The number of rotatable bonds is 4. The first kappa shape index (κ1) is 13.0. The normalized spacial score (nSPS) is 10.6. The third kappa shape index (κ3) is 3.08. The Bertz CT molecular complexity index is 517. The van der Waals surface area contributed by atoms with Gasteiger partial charge in [-0.2, -0.15) is 0 Å². The standard InChI is InChI=1S/C16H19NS/c1-3-12-5-7-14(8-6-12)18-15-9-10-16(17)13(4-2)11-15/h5-11H,3-4,17H2,1-2H3. The van der Waals surface area contributed by atoms with Crippen LogP contribution in [0, 0.1) is 0 Å². The van der Waals surface area contributed by atoms with Crippen molar-refractivity contribution in [2.45, 2.75) is 36.5 Å². The Labute approximate surface area is 113 Å². The largest absolute Gasteiger partial charge is 0.399 e. The van der Waals surface area contributed by atoms with E-state index in [4.69, 9.17) is 5.73 Å². The fourth-order valence-electron chi connectivity index (χ4n) is 1.88. The summed E-state index contributed by atoms with van der Waals surface area (Å²) in [6, 6.07) is 15.0. The van der Waals surface area contributed by atoms with E-state index >= 15 is 0 Å². The van der Waals surface area contributed by atoms with Crippen molar-refractivity contribution in [1.82, 2.24) is 0 Å². The summed E-state index contributed by atoms with van der Waals surface area (Å²) in [5, 5.41) is 0. The Balaban J connectivity index is 2.17. The lowest BCUT2D eigenvalue weighted by atomic mass is 10.1. The van der Waals surface area contributed by atoms with Crippen LogP contribution < -0.4 is 5.73 Å². The Morgan fingerprint density at radius 2 is 1.56 bits per heavy atom. The molecule has 0 aliphatic rings. The fraction of sp³-hybridized carbons (Fsp3) is 0.250. The van der Waals surface area contributed by atoms with Gasteiger partial charge in [-0.25, -0.2) is 0 Å². The first-order chi connectivity index (χ1) is 8.72.